The molecule has 1 aromatic heterocycles. The summed E-state index contributed by atoms with van der Waals surface area (Å²) in [5, 5.41) is 18.3. The molecule has 0 aliphatic heterocycles. The Kier molecular flexibility index (Phi) is 5.03. The minimum Gasteiger partial charge on any atom is -0.258 e. The van der Waals surface area contributed by atoms with Crippen LogP contribution in [0, 0.1) is 10.1 Å². The van der Waals surface area contributed by atoms with Gasteiger partial charge in [-0.05, 0) is 34.8 Å². The smallest absolute Gasteiger partial charge is 0.258 e. The number of unbranched alkanes of at least 4 members (excludes halogenated alkanes) is 5. The van der Waals surface area contributed by atoms with Crippen molar-refractivity contribution >= 4 is 16.7 Å². The van der Waals surface area contributed by atoms with Gasteiger partial charge >= 0.3 is 5.69 Å². The maximum Gasteiger partial charge on any atom is 0.300 e. The number of nitro benzene ring substituents is 1. The van der Waals surface area contributed by atoms with Crippen LogP contribution < -0.4 is 0 Å². The number of fused-ring (bicyclic) bond motifs is 1. The number of non-ortho nitro benzene ring substituents is 1. The summed E-state index contributed by atoms with van der Waals surface area (Å²) >= 11 is 0. The van der Waals surface area contributed by atoms with Crippen molar-refractivity contribution in [2.45, 2.75) is 51.9 Å². The maximum atomic E-state index is 10.9. The minimum absolute atomic E-state index is 0.0482. The lowest BCUT2D eigenvalue weighted by Crippen LogP contribution is -1.93. The van der Waals surface area contributed by atoms with Crippen LogP contribution in [0.5, 0.6) is 0 Å². The molecule has 0 atom stereocenters. The molecule has 2 aromatic rings. The fourth-order valence-electron chi connectivity index (χ4n) is 2.35. The highest BCUT2D eigenvalue weighted by atomic mass is 16.6. The highest BCUT2D eigenvalue weighted by Gasteiger charge is 2.18. The first-order valence-electron chi connectivity index (χ1n) is 7.12. The Morgan fingerprint density at radius 3 is 2.55 bits per heavy atom. The van der Waals surface area contributed by atoms with Gasteiger partial charge in [0, 0.05) is 6.07 Å². The van der Waals surface area contributed by atoms with Crippen LogP contribution in [-0.4, -0.2) is 15.2 Å². The Hall–Kier alpha value is -1.98. The summed E-state index contributed by atoms with van der Waals surface area (Å²) < 4.78 is 4.65. The van der Waals surface area contributed by atoms with Crippen LogP contribution in [0.25, 0.3) is 11.0 Å². The van der Waals surface area contributed by atoms with Gasteiger partial charge in [0.25, 0.3) is 0 Å². The van der Waals surface area contributed by atoms with E-state index in [2.05, 4.69) is 21.9 Å². The van der Waals surface area contributed by atoms with E-state index in [-0.39, 0.29) is 11.2 Å². The molecule has 0 spiro atoms. The Morgan fingerprint density at radius 2 is 1.80 bits per heavy atom. The molecule has 20 heavy (non-hydrogen) atoms. The summed E-state index contributed by atoms with van der Waals surface area (Å²) in [6, 6.07) is 3.25. The lowest BCUT2D eigenvalue weighted by atomic mass is 10.0. The highest BCUT2D eigenvalue weighted by Crippen LogP contribution is 2.26. The molecule has 0 N–H and O–H groups in total. The minimum atomic E-state index is -0.457. The third-order valence-electron chi connectivity index (χ3n) is 3.47. The van der Waals surface area contributed by atoms with E-state index < -0.39 is 4.92 Å². The molecule has 0 bridgehead atoms. The van der Waals surface area contributed by atoms with E-state index in [0.29, 0.717) is 5.52 Å². The Morgan fingerprint density at radius 1 is 1.10 bits per heavy atom. The predicted molar refractivity (Wildman–Crippen MR) is 75.5 cm³/mol. The number of aryl methyl sites for hydroxylation is 1. The van der Waals surface area contributed by atoms with Gasteiger partial charge in [0.2, 0.25) is 5.52 Å². The summed E-state index contributed by atoms with van der Waals surface area (Å²) in [5.74, 6) is 0. The van der Waals surface area contributed by atoms with Crippen LogP contribution in [0.1, 0.15) is 51.0 Å². The number of nitrogens with zero attached hydrogens (tertiary/aromatic N) is 3. The summed E-state index contributed by atoms with van der Waals surface area (Å²) in [7, 11) is 0. The van der Waals surface area contributed by atoms with Gasteiger partial charge in [0.1, 0.15) is 5.52 Å². The zero-order valence-electron chi connectivity index (χ0n) is 11.7. The molecule has 0 aliphatic rings. The second-order valence-corrected chi connectivity index (χ2v) is 4.98. The van der Waals surface area contributed by atoms with Crippen molar-refractivity contribution in [3.63, 3.8) is 0 Å². The number of benzene rings is 1. The molecule has 0 unspecified atom stereocenters. The van der Waals surface area contributed by atoms with Gasteiger partial charge in [0.05, 0.1) is 4.92 Å². The van der Waals surface area contributed by atoms with Gasteiger partial charge in [-0.3, -0.25) is 10.1 Å². The van der Waals surface area contributed by atoms with Gasteiger partial charge in [0.15, 0.2) is 0 Å². The average Bonchev–Trinajstić information content (AvgIpc) is 2.91. The van der Waals surface area contributed by atoms with E-state index in [0.717, 1.165) is 18.4 Å². The molecular formula is C14H19N3O3. The standard InChI is InChI=1S/C14H19N3O3/c1-2-3-4-5-6-7-8-11-9-10-12(17(18)19)14-13(11)15-20-16-14/h9-10H,2-8H2,1H3. The molecule has 108 valence electrons. The molecule has 0 saturated heterocycles. The monoisotopic (exact) mass is 277 g/mol. The molecule has 6 heteroatoms. The highest BCUT2D eigenvalue weighted by molar-refractivity contribution is 5.85. The number of rotatable bonds is 8. The van der Waals surface area contributed by atoms with Crippen molar-refractivity contribution in [1.29, 1.82) is 0 Å². The summed E-state index contributed by atoms with van der Waals surface area (Å²) in [5.41, 5.74) is 1.70. The van der Waals surface area contributed by atoms with Gasteiger partial charge in [-0.2, -0.15) is 0 Å². The maximum absolute atomic E-state index is 10.9. The normalized spacial score (nSPS) is 11.1. The number of hydrogen-bond donors (Lipinski definition) is 0. The summed E-state index contributed by atoms with van der Waals surface area (Å²) in [6.07, 6.45) is 8.13. The average molecular weight is 277 g/mol. The quantitative estimate of drug-likeness (QED) is 0.413. The third-order valence-corrected chi connectivity index (χ3v) is 3.47. The van der Waals surface area contributed by atoms with E-state index in [1.165, 1.54) is 38.2 Å². The largest absolute Gasteiger partial charge is 0.300 e. The van der Waals surface area contributed by atoms with Crippen LogP contribution in [0.15, 0.2) is 16.8 Å². The fourth-order valence-corrected chi connectivity index (χ4v) is 2.35. The van der Waals surface area contributed by atoms with Crippen molar-refractivity contribution < 1.29 is 9.55 Å². The van der Waals surface area contributed by atoms with Crippen LogP contribution >= 0.6 is 0 Å². The summed E-state index contributed by atoms with van der Waals surface area (Å²) in [6.45, 7) is 2.20. The van der Waals surface area contributed by atoms with Crippen LogP contribution in [-0.2, 0) is 6.42 Å². The van der Waals surface area contributed by atoms with E-state index >= 15 is 0 Å². The van der Waals surface area contributed by atoms with Crippen molar-refractivity contribution in [3.8, 4) is 0 Å². The summed E-state index contributed by atoms with van der Waals surface area (Å²) in [4.78, 5) is 10.4. The molecule has 0 saturated carbocycles. The zero-order valence-corrected chi connectivity index (χ0v) is 11.7. The molecule has 0 aliphatic carbocycles. The second kappa shape index (κ2) is 6.98. The molecule has 0 amide bonds. The first kappa shape index (κ1) is 14.4. The lowest BCUT2D eigenvalue weighted by molar-refractivity contribution is -0.383. The topological polar surface area (TPSA) is 82.1 Å². The van der Waals surface area contributed by atoms with E-state index in [1.807, 2.05) is 0 Å². The predicted octanol–water partition coefficient (Wildman–Crippen LogP) is 4.03. The van der Waals surface area contributed by atoms with Crippen LogP contribution in [0.4, 0.5) is 5.69 Å². The second-order valence-electron chi connectivity index (χ2n) is 4.98. The van der Waals surface area contributed by atoms with Gasteiger partial charge in [-0.1, -0.05) is 39.0 Å². The Bertz CT molecular complexity index is 580. The van der Waals surface area contributed by atoms with Crippen molar-refractivity contribution in [3.05, 3.63) is 27.8 Å². The molecule has 6 nitrogen and oxygen atoms in total. The van der Waals surface area contributed by atoms with Gasteiger partial charge in [-0.25, -0.2) is 4.63 Å². The third kappa shape index (κ3) is 3.31. The van der Waals surface area contributed by atoms with Crippen LogP contribution in [0.2, 0.25) is 0 Å². The SMILES string of the molecule is CCCCCCCCc1ccc([N+](=O)[O-])c2nonc12. The lowest BCUT2D eigenvalue weighted by Gasteiger charge is -2.02. The number of nitro groups is 1. The van der Waals surface area contributed by atoms with E-state index in [1.54, 1.807) is 6.07 Å². The number of aromatic nitrogens is 2. The first-order valence-corrected chi connectivity index (χ1v) is 7.12. The van der Waals surface area contributed by atoms with Gasteiger partial charge < -0.3 is 0 Å². The zero-order chi connectivity index (χ0) is 14.4. The molecule has 0 radical (unpaired) electrons. The molecular weight excluding hydrogens is 258 g/mol. The molecule has 1 heterocycles. The van der Waals surface area contributed by atoms with Crippen molar-refractivity contribution in [2.24, 2.45) is 0 Å². The van der Waals surface area contributed by atoms with Crippen LogP contribution in [0.3, 0.4) is 0 Å². The van der Waals surface area contributed by atoms with Crippen molar-refractivity contribution in [2.75, 3.05) is 0 Å². The number of hydrogen-bond acceptors (Lipinski definition) is 5. The van der Waals surface area contributed by atoms with Crippen molar-refractivity contribution in [1.82, 2.24) is 10.3 Å². The molecule has 2 rings (SSSR count). The fraction of sp³-hybridized carbons (Fsp3) is 0.571. The van der Waals surface area contributed by atoms with E-state index in [4.69, 9.17) is 0 Å². The van der Waals surface area contributed by atoms with E-state index in [9.17, 15) is 10.1 Å². The Labute approximate surface area is 117 Å². The molecule has 1 aromatic carbocycles. The Balaban J connectivity index is 1.99. The molecule has 0 fully saturated rings. The van der Waals surface area contributed by atoms with Gasteiger partial charge in [-0.15, -0.1) is 0 Å². The first-order chi connectivity index (χ1) is 9.74.